The summed E-state index contributed by atoms with van der Waals surface area (Å²) in [5.74, 6) is -2.39. The number of hydrogen-bond donors (Lipinski definition) is 1. The van der Waals surface area contributed by atoms with Crippen molar-refractivity contribution < 1.29 is 18.4 Å². The van der Waals surface area contributed by atoms with Crippen molar-refractivity contribution in [1.82, 2.24) is 15.1 Å². The van der Waals surface area contributed by atoms with Gasteiger partial charge in [-0.1, -0.05) is 6.07 Å². The average Bonchev–Trinajstić information content (AvgIpc) is 3.18. The maximum atomic E-state index is 13.2. The van der Waals surface area contributed by atoms with Crippen molar-refractivity contribution in [3.63, 3.8) is 0 Å². The Morgan fingerprint density at radius 2 is 1.85 bits per heavy atom. The number of piperazine rings is 1. The van der Waals surface area contributed by atoms with Crippen LogP contribution in [0.1, 0.15) is 20.0 Å². The summed E-state index contributed by atoms with van der Waals surface area (Å²) in [5.41, 5.74) is 0.0928. The van der Waals surface area contributed by atoms with Crippen LogP contribution in [0, 0.1) is 11.6 Å². The van der Waals surface area contributed by atoms with Gasteiger partial charge in [-0.15, -0.1) is 11.3 Å². The highest BCUT2D eigenvalue weighted by Crippen LogP contribution is 2.13. The lowest BCUT2D eigenvalue weighted by molar-refractivity contribution is 0.0642. The molecule has 2 heterocycles. The molecule has 1 aromatic heterocycles. The van der Waals surface area contributed by atoms with Gasteiger partial charge in [0.05, 0.1) is 4.88 Å². The highest BCUT2D eigenvalue weighted by Gasteiger charge is 2.22. The fraction of sp³-hybridized carbons (Fsp3) is 0.333. The van der Waals surface area contributed by atoms with Gasteiger partial charge >= 0.3 is 0 Å². The van der Waals surface area contributed by atoms with Gasteiger partial charge < -0.3 is 10.2 Å². The number of benzene rings is 1. The molecule has 1 aromatic carbocycles. The molecule has 1 fully saturated rings. The van der Waals surface area contributed by atoms with Gasteiger partial charge in [-0.25, -0.2) is 8.78 Å². The van der Waals surface area contributed by atoms with Crippen molar-refractivity contribution in [1.29, 1.82) is 0 Å². The Labute approximate surface area is 154 Å². The Kier molecular flexibility index (Phi) is 5.95. The average molecular weight is 379 g/mol. The van der Waals surface area contributed by atoms with Crippen molar-refractivity contribution in [2.75, 3.05) is 39.3 Å². The molecule has 0 radical (unpaired) electrons. The van der Waals surface area contributed by atoms with Crippen LogP contribution in [-0.2, 0) is 0 Å². The summed E-state index contributed by atoms with van der Waals surface area (Å²) in [7, 11) is 0. The van der Waals surface area contributed by atoms with E-state index in [0.717, 1.165) is 30.1 Å². The van der Waals surface area contributed by atoms with Crippen molar-refractivity contribution in [3.8, 4) is 0 Å². The molecule has 0 spiro atoms. The number of rotatable bonds is 5. The smallest absolute Gasteiger partial charge is 0.264 e. The van der Waals surface area contributed by atoms with Gasteiger partial charge in [-0.2, -0.15) is 0 Å². The summed E-state index contributed by atoms with van der Waals surface area (Å²) in [6, 6.07) is 6.77. The molecule has 1 aliphatic heterocycles. The SMILES string of the molecule is O=C(NCCN1CCN(C(=O)c2cccs2)CC1)c1ccc(F)c(F)c1. The Hall–Kier alpha value is -2.32. The van der Waals surface area contributed by atoms with Gasteiger partial charge in [-0.3, -0.25) is 14.5 Å². The molecule has 2 amide bonds. The number of carbonyl (C=O) groups excluding carboxylic acids is 2. The first-order valence-corrected chi connectivity index (χ1v) is 9.21. The summed E-state index contributed by atoms with van der Waals surface area (Å²) >= 11 is 1.44. The van der Waals surface area contributed by atoms with E-state index in [2.05, 4.69) is 10.2 Å². The molecule has 2 aromatic rings. The Morgan fingerprint density at radius 3 is 2.50 bits per heavy atom. The van der Waals surface area contributed by atoms with Crippen molar-refractivity contribution in [3.05, 3.63) is 57.8 Å². The van der Waals surface area contributed by atoms with Gasteiger partial charge in [0.1, 0.15) is 0 Å². The zero-order valence-electron chi connectivity index (χ0n) is 14.1. The van der Waals surface area contributed by atoms with E-state index in [1.54, 1.807) is 0 Å². The van der Waals surface area contributed by atoms with Crippen molar-refractivity contribution in [2.45, 2.75) is 0 Å². The molecule has 26 heavy (non-hydrogen) atoms. The zero-order chi connectivity index (χ0) is 18.5. The molecule has 0 bridgehead atoms. The monoisotopic (exact) mass is 379 g/mol. The molecule has 1 saturated heterocycles. The third-order valence-corrected chi connectivity index (χ3v) is 5.14. The van der Waals surface area contributed by atoms with Crippen LogP contribution in [0.4, 0.5) is 8.78 Å². The first-order valence-electron chi connectivity index (χ1n) is 8.33. The number of carbonyl (C=O) groups is 2. The third kappa shape index (κ3) is 4.44. The van der Waals surface area contributed by atoms with Crippen LogP contribution in [0.25, 0.3) is 0 Å². The van der Waals surface area contributed by atoms with Gasteiger partial charge in [-0.05, 0) is 29.6 Å². The summed E-state index contributed by atoms with van der Waals surface area (Å²) in [5, 5.41) is 4.59. The number of nitrogens with zero attached hydrogens (tertiary/aromatic N) is 2. The van der Waals surface area contributed by atoms with E-state index >= 15 is 0 Å². The number of nitrogens with one attached hydrogen (secondary N) is 1. The first kappa shape index (κ1) is 18.5. The normalized spacial score (nSPS) is 15.1. The molecule has 0 aliphatic carbocycles. The van der Waals surface area contributed by atoms with Crippen LogP contribution in [0.2, 0.25) is 0 Å². The summed E-state index contributed by atoms with van der Waals surface area (Å²) in [6.45, 7) is 3.80. The van der Waals surface area contributed by atoms with Gasteiger partial charge in [0.25, 0.3) is 11.8 Å². The summed E-state index contributed by atoms with van der Waals surface area (Å²) < 4.78 is 26.1. The molecule has 0 unspecified atom stereocenters. The molecule has 5 nitrogen and oxygen atoms in total. The second-order valence-corrected chi connectivity index (χ2v) is 6.94. The predicted molar refractivity (Wildman–Crippen MR) is 95.4 cm³/mol. The minimum Gasteiger partial charge on any atom is -0.351 e. The molecular weight excluding hydrogens is 360 g/mol. The van der Waals surface area contributed by atoms with Crippen LogP contribution in [0.3, 0.4) is 0 Å². The molecular formula is C18H19F2N3O2S. The topological polar surface area (TPSA) is 52.7 Å². The highest BCUT2D eigenvalue weighted by atomic mass is 32.1. The number of halogens is 2. The third-order valence-electron chi connectivity index (χ3n) is 4.29. The van der Waals surface area contributed by atoms with Crippen LogP contribution >= 0.6 is 11.3 Å². The van der Waals surface area contributed by atoms with E-state index in [1.165, 1.54) is 17.4 Å². The van der Waals surface area contributed by atoms with Crippen molar-refractivity contribution >= 4 is 23.2 Å². The Balaban J connectivity index is 1.40. The van der Waals surface area contributed by atoms with Crippen LogP contribution in [-0.4, -0.2) is 60.9 Å². The number of thiophene rings is 1. The van der Waals surface area contributed by atoms with E-state index < -0.39 is 17.5 Å². The van der Waals surface area contributed by atoms with Gasteiger partial charge in [0.2, 0.25) is 0 Å². The molecule has 3 rings (SSSR count). The fourth-order valence-electron chi connectivity index (χ4n) is 2.80. The second-order valence-electron chi connectivity index (χ2n) is 6.00. The van der Waals surface area contributed by atoms with Gasteiger partial charge in [0.15, 0.2) is 11.6 Å². The van der Waals surface area contributed by atoms with Crippen LogP contribution in [0.15, 0.2) is 35.7 Å². The standard InChI is InChI=1S/C18H19F2N3O2S/c19-14-4-3-13(12-15(14)20)17(24)21-5-6-22-7-9-23(10-8-22)18(25)16-2-1-11-26-16/h1-4,11-12H,5-10H2,(H,21,24). The lowest BCUT2D eigenvalue weighted by Crippen LogP contribution is -2.50. The van der Waals surface area contributed by atoms with Crippen LogP contribution in [0.5, 0.6) is 0 Å². The lowest BCUT2D eigenvalue weighted by atomic mass is 10.2. The zero-order valence-corrected chi connectivity index (χ0v) is 14.9. The molecule has 138 valence electrons. The highest BCUT2D eigenvalue weighted by molar-refractivity contribution is 7.12. The summed E-state index contributed by atoms with van der Waals surface area (Å²) in [6.07, 6.45) is 0. The molecule has 8 heteroatoms. The second kappa shape index (κ2) is 8.37. The van der Waals surface area contributed by atoms with Gasteiger partial charge in [0, 0.05) is 44.8 Å². The lowest BCUT2D eigenvalue weighted by Gasteiger charge is -2.34. The predicted octanol–water partition coefficient (Wildman–Crippen LogP) is 2.21. The molecule has 0 saturated carbocycles. The Morgan fingerprint density at radius 1 is 1.08 bits per heavy atom. The maximum Gasteiger partial charge on any atom is 0.264 e. The van der Waals surface area contributed by atoms with E-state index in [0.29, 0.717) is 26.2 Å². The largest absolute Gasteiger partial charge is 0.351 e. The maximum absolute atomic E-state index is 13.2. The Bertz CT molecular complexity index is 775. The minimum atomic E-state index is -1.04. The van der Waals surface area contributed by atoms with Crippen molar-refractivity contribution in [2.24, 2.45) is 0 Å². The molecule has 1 N–H and O–H groups in total. The first-order chi connectivity index (χ1) is 12.5. The number of hydrogen-bond acceptors (Lipinski definition) is 4. The minimum absolute atomic E-state index is 0.0614. The fourth-order valence-corrected chi connectivity index (χ4v) is 3.49. The molecule has 0 atom stereocenters. The quantitative estimate of drug-likeness (QED) is 0.867. The summed E-state index contributed by atoms with van der Waals surface area (Å²) in [4.78, 5) is 29.0. The number of amides is 2. The van der Waals surface area contributed by atoms with E-state index in [9.17, 15) is 18.4 Å². The molecule has 1 aliphatic rings. The van der Waals surface area contributed by atoms with Crippen LogP contribution < -0.4 is 5.32 Å². The van der Waals surface area contributed by atoms with E-state index in [-0.39, 0.29) is 11.5 Å². The van der Waals surface area contributed by atoms with E-state index in [4.69, 9.17) is 0 Å². The van der Waals surface area contributed by atoms with E-state index in [1.807, 2.05) is 22.4 Å².